The number of rotatable bonds is 5. The van der Waals surface area contributed by atoms with Crippen LogP contribution in [0.3, 0.4) is 0 Å². The van der Waals surface area contributed by atoms with Crippen molar-refractivity contribution in [2.24, 2.45) is 5.92 Å². The molecule has 1 fully saturated rings. The third-order valence-electron chi connectivity index (χ3n) is 6.08. The summed E-state index contributed by atoms with van der Waals surface area (Å²) >= 11 is 0. The third kappa shape index (κ3) is 4.37. The van der Waals surface area contributed by atoms with E-state index in [2.05, 4.69) is 5.32 Å². The van der Waals surface area contributed by atoms with Gasteiger partial charge in [0.25, 0.3) is 0 Å². The van der Waals surface area contributed by atoms with Crippen LogP contribution in [0.4, 0.5) is 11.4 Å². The van der Waals surface area contributed by atoms with Crippen molar-refractivity contribution in [3.63, 3.8) is 0 Å². The van der Waals surface area contributed by atoms with Gasteiger partial charge in [-0.2, -0.15) is 0 Å². The van der Waals surface area contributed by atoms with Gasteiger partial charge in [0.05, 0.1) is 19.1 Å². The maximum absolute atomic E-state index is 13.5. The van der Waals surface area contributed by atoms with Gasteiger partial charge in [0, 0.05) is 17.8 Å². The van der Waals surface area contributed by atoms with Crippen LogP contribution in [0.15, 0.2) is 72.8 Å². The molecule has 2 amide bonds. The van der Waals surface area contributed by atoms with Gasteiger partial charge in [-0.3, -0.25) is 9.59 Å². The first kappa shape index (κ1) is 21.6. The van der Waals surface area contributed by atoms with Crippen LogP contribution < -0.4 is 15.0 Å². The van der Waals surface area contributed by atoms with Gasteiger partial charge in [-0.05, 0) is 67.3 Å². The fraction of sp³-hybridized carbons (Fsp3) is 0.259. The van der Waals surface area contributed by atoms with Crippen LogP contribution in [0.25, 0.3) is 0 Å². The predicted octanol–water partition coefficient (Wildman–Crippen LogP) is 5.44. The number of anilines is 2. The minimum Gasteiger partial charge on any atom is -0.497 e. The quantitative estimate of drug-likeness (QED) is 0.589. The maximum Gasteiger partial charge on any atom is 0.229 e. The van der Waals surface area contributed by atoms with E-state index in [0.29, 0.717) is 12.8 Å². The molecule has 0 unspecified atom stereocenters. The molecule has 1 aliphatic rings. The van der Waals surface area contributed by atoms with Gasteiger partial charge in [-0.15, -0.1) is 0 Å². The van der Waals surface area contributed by atoms with Gasteiger partial charge in [0.2, 0.25) is 11.8 Å². The van der Waals surface area contributed by atoms with Gasteiger partial charge < -0.3 is 15.0 Å². The number of amides is 2. The molecule has 5 nitrogen and oxygen atoms in total. The van der Waals surface area contributed by atoms with E-state index in [1.807, 2.05) is 86.6 Å². The summed E-state index contributed by atoms with van der Waals surface area (Å²) < 4.78 is 5.27. The number of ether oxygens (including phenoxy) is 1. The summed E-state index contributed by atoms with van der Waals surface area (Å²) in [5, 5.41) is 3.13. The van der Waals surface area contributed by atoms with Crippen LogP contribution in [-0.2, 0) is 9.59 Å². The Hall–Kier alpha value is -3.60. The molecule has 2 atom stereocenters. The van der Waals surface area contributed by atoms with Gasteiger partial charge in [-0.25, -0.2) is 0 Å². The number of nitrogens with one attached hydrogen (secondary N) is 1. The average molecular weight is 429 g/mol. The molecule has 0 aliphatic carbocycles. The Morgan fingerprint density at radius 1 is 1.00 bits per heavy atom. The molecule has 3 aromatic rings. The third-order valence-corrected chi connectivity index (χ3v) is 6.08. The van der Waals surface area contributed by atoms with Gasteiger partial charge in [0.1, 0.15) is 5.75 Å². The second kappa shape index (κ2) is 9.27. The number of carbonyl (C=O) groups excluding carboxylic acids is 2. The molecule has 164 valence electrons. The SMILES string of the molecule is COc1ccc(N2C(=O)CC[C@H](C(=O)Nc3cc(C)ccc3C)[C@@H]2c2ccccc2)cc1. The fourth-order valence-electron chi connectivity index (χ4n) is 4.34. The molecule has 32 heavy (non-hydrogen) atoms. The van der Waals surface area contributed by atoms with Crippen molar-refractivity contribution in [2.45, 2.75) is 32.7 Å². The molecule has 0 spiro atoms. The van der Waals surface area contributed by atoms with Crippen molar-refractivity contribution in [1.82, 2.24) is 0 Å². The zero-order chi connectivity index (χ0) is 22.7. The Labute approximate surface area is 189 Å². The van der Waals surface area contributed by atoms with Gasteiger partial charge >= 0.3 is 0 Å². The highest BCUT2D eigenvalue weighted by atomic mass is 16.5. The molecule has 1 aliphatic heterocycles. The largest absolute Gasteiger partial charge is 0.497 e. The zero-order valence-corrected chi connectivity index (χ0v) is 18.7. The lowest BCUT2D eigenvalue weighted by molar-refractivity contribution is -0.125. The van der Waals surface area contributed by atoms with Crippen molar-refractivity contribution >= 4 is 23.2 Å². The number of hydrogen-bond acceptors (Lipinski definition) is 3. The van der Waals surface area contributed by atoms with Crippen LogP contribution in [-0.4, -0.2) is 18.9 Å². The lowest BCUT2D eigenvalue weighted by Gasteiger charge is -2.41. The molecule has 1 saturated heterocycles. The minimum absolute atomic E-state index is 0.0137. The van der Waals surface area contributed by atoms with E-state index in [0.717, 1.165) is 33.8 Å². The summed E-state index contributed by atoms with van der Waals surface area (Å²) in [7, 11) is 1.61. The second-order valence-corrected chi connectivity index (χ2v) is 8.27. The highest BCUT2D eigenvalue weighted by molar-refractivity contribution is 6.00. The Morgan fingerprint density at radius 3 is 2.41 bits per heavy atom. The normalized spacial score (nSPS) is 18.3. The van der Waals surface area contributed by atoms with E-state index in [-0.39, 0.29) is 17.7 Å². The molecular formula is C27H28N2O3. The van der Waals surface area contributed by atoms with E-state index in [1.165, 1.54) is 0 Å². The summed E-state index contributed by atoms with van der Waals surface area (Å²) in [6.45, 7) is 3.99. The smallest absolute Gasteiger partial charge is 0.229 e. The number of carbonyl (C=O) groups is 2. The van der Waals surface area contributed by atoms with Crippen LogP contribution in [0.5, 0.6) is 5.75 Å². The number of benzene rings is 3. The Kier molecular flexibility index (Phi) is 6.26. The predicted molar refractivity (Wildman–Crippen MR) is 127 cm³/mol. The minimum atomic E-state index is -0.393. The van der Waals surface area contributed by atoms with Gasteiger partial charge in [0.15, 0.2) is 0 Å². The average Bonchev–Trinajstić information content (AvgIpc) is 2.82. The number of aryl methyl sites for hydroxylation is 2. The topological polar surface area (TPSA) is 58.6 Å². The number of hydrogen-bond donors (Lipinski definition) is 1. The van der Waals surface area contributed by atoms with Crippen molar-refractivity contribution in [2.75, 3.05) is 17.3 Å². The first-order valence-corrected chi connectivity index (χ1v) is 10.9. The molecule has 0 bridgehead atoms. The van der Waals surface area contributed by atoms with E-state index >= 15 is 0 Å². The first-order valence-electron chi connectivity index (χ1n) is 10.9. The van der Waals surface area contributed by atoms with Crippen molar-refractivity contribution in [3.05, 3.63) is 89.5 Å². The molecule has 1 N–H and O–H groups in total. The van der Waals surface area contributed by atoms with E-state index < -0.39 is 6.04 Å². The number of nitrogens with zero attached hydrogens (tertiary/aromatic N) is 1. The molecule has 1 heterocycles. The van der Waals surface area contributed by atoms with Crippen LogP contribution in [0, 0.1) is 19.8 Å². The Balaban J connectivity index is 1.72. The standard InChI is InChI=1S/C27H28N2O3/c1-18-9-10-19(2)24(17-18)28-27(31)23-15-16-25(30)29(21-11-13-22(32-3)14-12-21)26(23)20-7-5-4-6-8-20/h4-14,17,23,26H,15-16H2,1-3H3,(H,28,31)/t23-,26-/m0/s1. The highest BCUT2D eigenvalue weighted by Crippen LogP contribution is 2.41. The maximum atomic E-state index is 13.5. The van der Waals surface area contributed by atoms with Crippen molar-refractivity contribution < 1.29 is 14.3 Å². The zero-order valence-electron chi connectivity index (χ0n) is 18.7. The summed E-state index contributed by atoms with van der Waals surface area (Å²) in [4.78, 5) is 28.4. The number of piperidine rings is 1. The fourth-order valence-corrected chi connectivity index (χ4v) is 4.34. The molecule has 4 rings (SSSR count). The number of methoxy groups -OCH3 is 1. The Morgan fingerprint density at radius 2 is 1.72 bits per heavy atom. The lowest BCUT2D eigenvalue weighted by Crippen LogP contribution is -2.47. The van der Waals surface area contributed by atoms with E-state index in [4.69, 9.17) is 4.74 Å². The van der Waals surface area contributed by atoms with Crippen molar-refractivity contribution in [1.29, 1.82) is 0 Å². The summed E-state index contributed by atoms with van der Waals surface area (Å²) in [5.41, 5.74) is 4.62. The molecule has 5 heteroatoms. The van der Waals surface area contributed by atoms with E-state index in [9.17, 15) is 9.59 Å². The molecule has 0 aromatic heterocycles. The molecule has 0 saturated carbocycles. The van der Waals surface area contributed by atoms with E-state index in [1.54, 1.807) is 12.0 Å². The molecule has 0 radical (unpaired) electrons. The highest BCUT2D eigenvalue weighted by Gasteiger charge is 2.41. The van der Waals surface area contributed by atoms with Crippen molar-refractivity contribution in [3.8, 4) is 5.75 Å². The molecular weight excluding hydrogens is 400 g/mol. The monoisotopic (exact) mass is 428 g/mol. The second-order valence-electron chi connectivity index (χ2n) is 8.27. The van der Waals surface area contributed by atoms with Crippen LogP contribution in [0.2, 0.25) is 0 Å². The summed E-state index contributed by atoms with van der Waals surface area (Å²) in [6, 6.07) is 22.9. The summed E-state index contributed by atoms with van der Waals surface area (Å²) in [6.07, 6.45) is 0.821. The molecule has 3 aromatic carbocycles. The summed E-state index contributed by atoms with van der Waals surface area (Å²) in [5.74, 6) is 0.286. The van der Waals surface area contributed by atoms with Crippen LogP contribution in [0.1, 0.15) is 35.6 Å². The Bertz CT molecular complexity index is 1110. The van der Waals surface area contributed by atoms with Crippen LogP contribution >= 0.6 is 0 Å². The first-order chi connectivity index (χ1) is 15.5. The van der Waals surface area contributed by atoms with Gasteiger partial charge in [-0.1, -0.05) is 42.5 Å². The lowest BCUT2D eigenvalue weighted by atomic mass is 9.83.